The first-order valence-electron chi connectivity index (χ1n) is 6.14. The first-order valence-corrected chi connectivity index (χ1v) is 7.33. The van der Waals surface area contributed by atoms with Crippen molar-refractivity contribution >= 4 is 34.0 Å². The second-order valence-corrected chi connectivity index (χ2v) is 5.56. The molecule has 20 heavy (non-hydrogen) atoms. The highest BCUT2D eigenvalue weighted by Crippen LogP contribution is 2.18. The molecule has 1 aromatic carbocycles. The third kappa shape index (κ3) is 3.91. The minimum Gasteiger partial charge on any atom is -0.481 e. The highest BCUT2D eigenvalue weighted by atomic mass is 35.5. The van der Waals surface area contributed by atoms with E-state index in [2.05, 4.69) is 15.5 Å². The van der Waals surface area contributed by atoms with E-state index in [1.807, 2.05) is 6.92 Å². The van der Waals surface area contributed by atoms with Crippen molar-refractivity contribution in [1.82, 2.24) is 10.2 Å². The number of amides is 1. The van der Waals surface area contributed by atoms with Gasteiger partial charge in [0.2, 0.25) is 5.13 Å². The third-order valence-corrected chi connectivity index (χ3v) is 3.73. The number of carbonyl (C=O) groups is 1. The number of aryl methyl sites for hydroxylation is 1. The van der Waals surface area contributed by atoms with Crippen molar-refractivity contribution < 1.29 is 9.53 Å². The Kier molecular flexibility index (Phi) is 4.92. The van der Waals surface area contributed by atoms with Crippen LogP contribution >= 0.6 is 22.9 Å². The van der Waals surface area contributed by atoms with Crippen molar-refractivity contribution in [2.75, 3.05) is 5.32 Å². The molecular weight excluding hydrogens is 298 g/mol. The number of anilines is 1. The Morgan fingerprint density at radius 3 is 2.70 bits per heavy atom. The number of aromatic nitrogens is 2. The summed E-state index contributed by atoms with van der Waals surface area (Å²) in [6, 6.07) is 6.85. The molecule has 0 aliphatic carbocycles. The smallest absolute Gasteiger partial charge is 0.266 e. The SMILES string of the molecule is CCc1nnc(NC(=O)C(C)Oc2ccc(Cl)cc2)s1. The third-order valence-electron chi connectivity index (χ3n) is 2.50. The molecule has 2 rings (SSSR count). The van der Waals surface area contributed by atoms with Gasteiger partial charge >= 0.3 is 0 Å². The number of hydrogen-bond donors (Lipinski definition) is 1. The van der Waals surface area contributed by atoms with Crippen LogP contribution in [0.5, 0.6) is 5.75 Å². The van der Waals surface area contributed by atoms with E-state index in [4.69, 9.17) is 16.3 Å². The molecule has 0 aliphatic heterocycles. The molecule has 1 amide bonds. The van der Waals surface area contributed by atoms with Crippen LogP contribution in [0.15, 0.2) is 24.3 Å². The molecule has 1 unspecified atom stereocenters. The van der Waals surface area contributed by atoms with Crippen molar-refractivity contribution in [3.8, 4) is 5.75 Å². The maximum atomic E-state index is 12.0. The zero-order chi connectivity index (χ0) is 14.5. The van der Waals surface area contributed by atoms with Gasteiger partial charge in [-0.3, -0.25) is 10.1 Å². The van der Waals surface area contributed by atoms with E-state index in [1.54, 1.807) is 31.2 Å². The second-order valence-electron chi connectivity index (χ2n) is 4.06. The van der Waals surface area contributed by atoms with Crippen LogP contribution in [-0.4, -0.2) is 22.2 Å². The lowest BCUT2D eigenvalue weighted by atomic mass is 10.3. The number of nitrogens with zero attached hydrogens (tertiary/aromatic N) is 2. The van der Waals surface area contributed by atoms with E-state index in [9.17, 15) is 4.79 Å². The summed E-state index contributed by atoms with van der Waals surface area (Å²) in [5.41, 5.74) is 0. The molecule has 0 saturated carbocycles. The number of nitrogens with one attached hydrogen (secondary N) is 1. The lowest BCUT2D eigenvalue weighted by Crippen LogP contribution is -2.30. The van der Waals surface area contributed by atoms with Crippen LogP contribution in [0.25, 0.3) is 0 Å². The molecular formula is C13H14ClN3O2S. The van der Waals surface area contributed by atoms with Gasteiger partial charge in [-0.2, -0.15) is 0 Å². The van der Waals surface area contributed by atoms with Crippen molar-refractivity contribution in [2.45, 2.75) is 26.4 Å². The number of rotatable bonds is 5. The minimum atomic E-state index is -0.634. The van der Waals surface area contributed by atoms with Crippen LogP contribution < -0.4 is 10.1 Å². The summed E-state index contributed by atoms with van der Waals surface area (Å²) in [4.78, 5) is 12.0. The minimum absolute atomic E-state index is 0.265. The Balaban J connectivity index is 1.93. The monoisotopic (exact) mass is 311 g/mol. The fraction of sp³-hybridized carbons (Fsp3) is 0.308. The van der Waals surface area contributed by atoms with Gasteiger partial charge in [0.05, 0.1) is 0 Å². The lowest BCUT2D eigenvalue weighted by Gasteiger charge is -2.13. The Bertz CT molecular complexity index is 586. The van der Waals surface area contributed by atoms with Crippen LogP contribution in [0.2, 0.25) is 5.02 Å². The van der Waals surface area contributed by atoms with Gasteiger partial charge in [0.25, 0.3) is 5.91 Å². The molecule has 0 saturated heterocycles. The van der Waals surface area contributed by atoms with Crippen molar-refractivity contribution in [2.24, 2.45) is 0 Å². The number of halogens is 1. The summed E-state index contributed by atoms with van der Waals surface area (Å²) in [5, 5.41) is 12.5. The molecule has 0 fully saturated rings. The van der Waals surface area contributed by atoms with Crippen molar-refractivity contribution in [3.63, 3.8) is 0 Å². The van der Waals surface area contributed by atoms with Crippen molar-refractivity contribution in [3.05, 3.63) is 34.3 Å². The number of benzene rings is 1. The van der Waals surface area contributed by atoms with Gasteiger partial charge in [-0.15, -0.1) is 10.2 Å². The van der Waals surface area contributed by atoms with E-state index < -0.39 is 6.10 Å². The van der Waals surface area contributed by atoms with Crippen LogP contribution in [0.1, 0.15) is 18.9 Å². The van der Waals surface area contributed by atoms with Gasteiger partial charge in [0.15, 0.2) is 6.10 Å². The molecule has 5 nitrogen and oxygen atoms in total. The lowest BCUT2D eigenvalue weighted by molar-refractivity contribution is -0.122. The normalized spacial score (nSPS) is 11.9. The van der Waals surface area contributed by atoms with E-state index >= 15 is 0 Å². The molecule has 7 heteroatoms. The standard InChI is InChI=1S/C13H14ClN3O2S/c1-3-11-16-17-13(20-11)15-12(18)8(2)19-10-6-4-9(14)5-7-10/h4-8H,3H2,1-2H3,(H,15,17,18). The fourth-order valence-electron chi connectivity index (χ4n) is 1.42. The average Bonchev–Trinajstić information content (AvgIpc) is 2.89. The van der Waals surface area contributed by atoms with E-state index in [0.29, 0.717) is 15.9 Å². The quantitative estimate of drug-likeness (QED) is 0.921. The predicted molar refractivity (Wildman–Crippen MR) is 79.5 cm³/mol. The first-order chi connectivity index (χ1) is 9.58. The molecule has 1 heterocycles. The van der Waals surface area contributed by atoms with Gasteiger partial charge in [-0.05, 0) is 37.6 Å². The maximum Gasteiger partial charge on any atom is 0.266 e. The summed E-state index contributed by atoms with van der Waals surface area (Å²) < 4.78 is 5.52. The maximum absolute atomic E-state index is 12.0. The van der Waals surface area contributed by atoms with Crippen LogP contribution in [0.3, 0.4) is 0 Å². The highest BCUT2D eigenvalue weighted by Gasteiger charge is 2.16. The van der Waals surface area contributed by atoms with Gasteiger partial charge in [0, 0.05) is 5.02 Å². The Labute approximate surface area is 125 Å². The largest absolute Gasteiger partial charge is 0.481 e. The Morgan fingerprint density at radius 2 is 2.10 bits per heavy atom. The summed E-state index contributed by atoms with van der Waals surface area (Å²) in [5.74, 6) is 0.322. The van der Waals surface area contributed by atoms with Crippen LogP contribution in [0, 0.1) is 0 Å². The van der Waals surface area contributed by atoms with Crippen LogP contribution in [0.4, 0.5) is 5.13 Å². The summed E-state index contributed by atoms with van der Waals surface area (Å²) in [6.45, 7) is 3.66. The molecule has 2 aromatic rings. The fourth-order valence-corrected chi connectivity index (χ4v) is 2.23. The zero-order valence-corrected chi connectivity index (χ0v) is 12.7. The molecule has 0 spiro atoms. The number of ether oxygens (including phenoxy) is 1. The van der Waals surface area contributed by atoms with Gasteiger partial charge in [0.1, 0.15) is 10.8 Å². The zero-order valence-electron chi connectivity index (χ0n) is 11.1. The van der Waals surface area contributed by atoms with Crippen LogP contribution in [-0.2, 0) is 11.2 Å². The van der Waals surface area contributed by atoms with E-state index in [0.717, 1.165) is 11.4 Å². The van der Waals surface area contributed by atoms with Crippen molar-refractivity contribution in [1.29, 1.82) is 0 Å². The summed E-state index contributed by atoms with van der Waals surface area (Å²) in [6.07, 6.45) is 0.162. The molecule has 1 aromatic heterocycles. The first kappa shape index (κ1) is 14.7. The summed E-state index contributed by atoms with van der Waals surface area (Å²) >= 11 is 7.15. The van der Waals surface area contributed by atoms with E-state index in [-0.39, 0.29) is 5.91 Å². The Hall–Kier alpha value is -1.66. The number of hydrogen-bond acceptors (Lipinski definition) is 5. The second kappa shape index (κ2) is 6.67. The number of carbonyl (C=O) groups excluding carboxylic acids is 1. The molecule has 1 atom stereocenters. The molecule has 1 N–H and O–H groups in total. The summed E-state index contributed by atoms with van der Waals surface area (Å²) in [7, 11) is 0. The molecule has 106 valence electrons. The van der Waals surface area contributed by atoms with E-state index in [1.165, 1.54) is 11.3 Å². The highest BCUT2D eigenvalue weighted by molar-refractivity contribution is 7.15. The van der Waals surface area contributed by atoms with Gasteiger partial charge in [-0.1, -0.05) is 29.9 Å². The molecule has 0 aliphatic rings. The topological polar surface area (TPSA) is 64.1 Å². The molecule has 0 bridgehead atoms. The predicted octanol–water partition coefficient (Wildman–Crippen LogP) is 3.16. The van der Waals surface area contributed by atoms with Gasteiger partial charge < -0.3 is 4.74 Å². The molecule has 0 radical (unpaired) electrons. The Morgan fingerprint density at radius 1 is 1.40 bits per heavy atom. The average molecular weight is 312 g/mol. The van der Waals surface area contributed by atoms with Gasteiger partial charge in [-0.25, -0.2) is 0 Å².